The van der Waals surface area contributed by atoms with Gasteiger partial charge in [-0.15, -0.1) is 0 Å². The molecule has 0 saturated carbocycles. The number of hydrogen-bond donors (Lipinski definition) is 1. The van der Waals surface area contributed by atoms with Crippen molar-refractivity contribution in [3.63, 3.8) is 0 Å². The minimum absolute atomic E-state index is 0.134. The van der Waals surface area contributed by atoms with Crippen LogP contribution in [0.15, 0.2) is 53.4 Å². The number of nitrogens with one attached hydrogen (secondary N) is 1. The number of halogens is 1. The van der Waals surface area contributed by atoms with Crippen LogP contribution in [0.1, 0.15) is 5.56 Å². The average Bonchev–Trinajstić information content (AvgIpc) is 2.49. The highest BCUT2D eigenvalue weighted by atomic mass is 32.2. The number of methoxy groups -OCH3 is 1. The molecule has 0 aliphatic heterocycles. The van der Waals surface area contributed by atoms with Crippen LogP contribution < -0.4 is 9.46 Å². The highest BCUT2D eigenvalue weighted by Gasteiger charge is 2.13. The molecule has 2 aromatic rings. The molecule has 0 fully saturated rings. The largest absolute Gasteiger partial charge is 0.497 e. The molecule has 0 atom stereocenters. The molecule has 0 unspecified atom stereocenters. The molecule has 1 N–H and O–H groups in total. The van der Waals surface area contributed by atoms with Crippen LogP contribution >= 0.6 is 0 Å². The van der Waals surface area contributed by atoms with Crippen LogP contribution in [0.2, 0.25) is 0 Å². The highest BCUT2D eigenvalue weighted by molar-refractivity contribution is 7.89. The Balaban J connectivity index is 1.99. The van der Waals surface area contributed by atoms with Gasteiger partial charge in [-0.25, -0.2) is 17.5 Å². The molecule has 0 amide bonds. The fraction of sp³-hybridized carbons (Fsp3) is 0.200. The second-order valence-corrected chi connectivity index (χ2v) is 6.18. The van der Waals surface area contributed by atoms with E-state index in [9.17, 15) is 12.8 Å². The molecule has 0 bridgehead atoms. The van der Waals surface area contributed by atoms with Gasteiger partial charge in [-0.05, 0) is 42.3 Å². The van der Waals surface area contributed by atoms with Gasteiger partial charge >= 0.3 is 0 Å². The highest BCUT2D eigenvalue weighted by Crippen LogP contribution is 2.15. The first-order valence-corrected chi connectivity index (χ1v) is 7.88. The monoisotopic (exact) mass is 309 g/mol. The van der Waals surface area contributed by atoms with Crippen molar-refractivity contribution < 1.29 is 17.5 Å². The Labute approximate surface area is 123 Å². The predicted octanol–water partition coefficient (Wildman–Crippen LogP) is 2.36. The van der Waals surface area contributed by atoms with Crippen molar-refractivity contribution in [3.8, 4) is 5.75 Å². The maximum atomic E-state index is 13.4. The summed E-state index contributed by atoms with van der Waals surface area (Å²) < 4.78 is 45.0. The summed E-state index contributed by atoms with van der Waals surface area (Å²) in [7, 11) is -2.09. The van der Waals surface area contributed by atoms with E-state index in [1.54, 1.807) is 30.3 Å². The van der Waals surface area contributed by atoms with Crippen LogP contribution in [0, 0.1) is 5.82 Å². The smallest absolute Gasteiger partial charge is 0.240 e. The van der Waals surface area contributed by atoms with E-state index >= 15 is 0 Å². The van der Waals surface area contributed by atoms with Crippen molar-refractivity contribution in [3.05, 3.63) is 59.9 Å². The molecule has 0 aromatic heterocycles. The standard InChI is InChI=1S/C15H16FNO3S/c1-20-13-6-8-14(9-7-13)21(18,19)17-11-10-12-4-2-3-5-15(12)16/h2-9,17H,10-11H2,1H3. The van der Waals surface area contributed by atoms with E-state index in [2.05, 4.69) is 4.72 Å². The topological polar surface area (TPSA) is 55.4 Å². The summed E-state index contributed by atoms with van der Waals surface area (Å²) >= 11 is 0. The lowest BCUT2D eigenvalue weighted by Crippen LogP contribution is -2.26. The lowest BCUT2D eigenvalue weighted by molar-refractivity contribution is 0.414. The molecule has 0 aliphatic carbocycles. The second-order valence-electron chi connectivity index (χ2n) is 4.41. The lowest BCUT2D eigenvalue weighted by Gasteiger charge is -2.08. The number of ether oxygens (including phenoxy) is 1. The Morgan fingerprint density at radius 1 is 1.10 bits per heavy atom. The molecular formula is C15H16FNO3S. The van der Waals surface area contributed by atoms with Gasteiger partial charge in [0.1, 0.15) is 11.6 Å². The van der Waals surface area contributed by atoms with Gasteiger partial charge in [0.2, 0.25) is 10.0 Å². The maximum Gasteiger partial charge on any atom is 0.240 e. The molecule has 112 valence electrons. The molecule has 2 aromatic carbocycles. The Morgan fingerprint density at radius 3 is 2.38 bits per heavy atom. The number of rotatable bonds is 6. The number of benzene rings is 2. The van der Waals surface area contributed by atoms with E-state index in [1.165, 1.54) is 25.3 Å². The fourth-order valence-electron chi connectivity index (χ4n) is 1.86. The van der Waals surface area contributed by atoms with Crippen LogP contribution in [-0.2, 0) is 16.4 Å². The van der Waals surface area contributed by atoms with Crippen molar-refractivity contribution in [1.29, 1.82) is 0 Å². The van der Waals surface area contributed by atoms with E-state index in [-0.39, 0.29) is 17.3 Å². The van der Waals surface area contributed by atoms with E-state index in [4.69, 9.17) is 4.74 Å². The summed E-state index contributed by atoms with van der Waals surface area (Å²) in [4.78, 5) is 0.150. The summed E-state index contributed by atoms with van der Waals surface area (Å²) in [5.41, 5.74) is 0.481. The Kier molecular flexibility index (Phi) is 4.93. The van der Waals surface area contributed by atoms with Crippen molar-refractivity contribution in [2.75, 3.05) is 13.7 Å². The van der Waals surface area contributed by atoms with Gasteiger partial charge < -0.3 is 4.74 Å². The minimum atomic E-state index is -3.60. The predicted molar refractivity (Wildman–Crippen MR) is 78.3 cm³/mol. The zero-order valence-corrected chi connectivity index (χ0v) is 12.4. The van der Waals surface area contributed by atoms with Crippen molar-refractivity contribution in [2.45, 2.75) is 11.3 Å². The molecule has 0 saturated heterocycles. The van der Waals surface area contributed by atoms with Gasteiger partial charge in [0.15, 0.2) is 0 Å². The third kappa shape index (κ3) is 4.03. The lowest BCUT2D eigenvalue weighted by atomic mass is 10.1. The molecule has 0 aliphatic rings. The van der Waals surface area contributed by atoms with Crippen molar-refractivity contribution >= 4 is 10.0 Å². The van der Waals surface area contributed by atoms with E-state index in [0.717, 1.165) is 0 Å². The molecule has 0 radical (unpaired) electrons. The Morgan fingerprint density at radius 2 is 1.76 bits per heavy atom. The average molecular weight is 309 g/mol. The second kappa shape index (κ2) is 6.69. The number of sulfonamides is 1. The minimum Gasteiger partial charge on any atom is -0.497 e. The Hall–Kier alpha value is -1.92. The molecule has 6 heteroatoms. The zero-order chi connectivity index (χ0) is 15.3. The van der Waals surface area contributed by atoms with E-state index < -0.39 is 10.0 Å². The van der Waals surface area contributed by atoms with E-state index in [0.29, 0.717) is 17.7 Å². The maximum absolute atomic E-state index is 13.4. The normalized spacial score (nSPS) is 11.3. The van der Waals surface area contributed by atoms with Gasteiger partial charge in [-0.2, -0.15) is 0 Å². The molecule has 21 heavy (non-hydrogen) atoms. The van der Waals surface area contributed by atoms with Crippen molar-refractivity contribution in [2.24, 2.45) is 0 Å². The van der Waals surface area contributed by atoms with Crippen molar-refractivity contribution in [1.82, 2.24) is 4.72 Å². The first-order chi connectivity index (χ1) is 10.0. The van der Waals surface area contributed by atoms with Gasteiger partial charge in [-0.1, -0.05) is 18.2 Å². The molecular weight excluding hydrogens is 293 g/mol. The third-order valence-corrected chi connectivity index (χ3v) is 4.49. The summed E-state index contributed by atoms with van der Waals surface area (Å²) in [6.45, 7) is 0.134. The summed E-state index contributed by atoms with van der Waals surface area (Å²) in [5.74, 6) is 0.251. The van der Waals surface area contributed by atoms with Crippen LogP contribution in [0.5, 0.6) is 5.75 Å². The number of hydrogen-bond acceptors (Lipinski definition) is 3. The first-order valence-electron chi connectivity index (χ1n) is 6.40. The summed E-state index contributed by atoms with van der Waals surface area (Å²) in [5, 5.41) is 0. The third-order valence-electron chi connectivity index (χ3n) is 3.01. The molecule has 2 rings (SSSR count). The van der Waals surface area contributed by atoms with E-state index in [1.807, 2.05) is 0 Å². The van der Waals surface area contributed by atoms with Gasteiger partial charge in [0.25, 0.3) is 0 Å². The molecule has 0 heterocycles. The Bertz CT molecular complexity index is 699. The van der Waals surface area contributed by atoms with Gasteiger partial charge in [-0.3, -0.25) is 0 Å². The fourth-order valence-corrected chi connectivity index (χ4v) is 2.89. The SMILES string of the molecule is COc1ccc(S(=O)(=O)NCCc2ccccc2F)cc1. The zero-order valence-electron chi connectivity index (χ0n) is 11.5. The quantitative estimate of drug-likeness (QED) is 0.891. The van der Waals surface area contributed by atoms with Crippen LogP contribution in [0.25, 0.3) is 0 Å². The van der Waals surface area contributed by atoms with Crippen LogP contribution in [0.3, 0.4) is 0 Å². The van der Waals surface area contributed by atoms with Crippen LogP contribution in [0.4, 0.5) is 4.39 Å². The van der Waals surface area contributed by atoms with Gasteiger partial charge in [0, 0.05) is 6.54 Å². The van der Waals surface area contributed by atoms with Gasteiger partial charge in [0.05, 0.1) is 12.0 Å². The van der Waals surface area contributed by atoms with Crippen LogP contribution in [-0.4, -0.2) is 22.1 Å². The summed E-state index contributed by atoms with van der Waals surface area (Å²) in [6, 6.07) is 12.4. The first kappa shape index (κ1) is 15.5. The summed E-state index contributed by atoms with van der Waals surface area (Å²) in [6.07, 6.45) is 0.294. The molecule has 0 spiro atoms. The molecule has 4 nitrogen and oxygen atoms in total.